The molecule has 0 spiro atoms. The smallest absolute Gasteiger partial charge is 0.167 e. The van der Waals surface area contributed by atoms with Crippen LogP contribution in [0, 0.1) is 5.92 Å². The molecule has 0 amide bonds. The van der Waals surface area contributed by atoms with Crippen molar-refractivity contribution in [3.05, 3.63) is 29.3 Å². The number of carbonyl (C=O) groups excluding carboxylic acids is 1. The van der Waals surface area contributed by atoms with Crippen molar-refractivity contribution >= 4 is 5.78 Å². The molecule has 0 radical (unpaired) electrons. The Morgan fingerprint density at radius 3 is 2.61 bits per heavy atom. The van der Waals surface area contributed by atoms with Crippen LogP contribution >= 0.6 is 0 Å². The van der Waals surface area contributed by atoms with Gasteiger partial charge in [0.15, 0.2) is 5.78 Å². The van der Waals surface area contributed by atoms with Crippen LogP contribution in [0.1, 0.15) is 68.8 Å². The molecule has 1 aliphatic rings. The van der Waals surface area contributed by atoms with E-state index in [0.717, 1.165) is 36.9 Å². The first-order valence-electron chi connectivity index (χ1n) is 9.03. The number of likely N-dealkylation sites (tertiary alicyclic amines) is 1. The number of hydrogen-bond donors (Lipinski definition) is 0. The van der Waals surface area contributed by atoms with Crippen molar-refractivity contribution in [2.24, 2.45) is 5.92 Å². The summed E-state index contributed by atoms with van der Waals surface area (Å²) in [6.45, 7) is 12.3. The van der Waals surface area contributed by atoms with Gasteiger partial charge in [-0.2, -0.15) is 0 Å². The predicted molar refractivity (Wildman–Crippen MR) is 95.5 cm³/mol. The molecule has 0 bridgehead atoms. The standard InChI is InChI=1S/C20H31NO2/c1-5-23-20-7-6-17(15(2)3)14-18(20)19(22)10-13-21-11-8-16(4)9-12-21/h6-7,14-16H,5,8-13H2,1-4H3. The lowest BCUT2D eigenvalue weighted by Gasteiger charge is -2.29. The Balaban J connectivity index is 2.03. The maximum Gasteiger partial charge on any atom is 0.167 e. The van der Waals surface area contributed by atoms with Gasteiger partial charge in [0.2, 0.25) is 0 Å². The van der Waals surface area contributed by atoms with Crippen molar-refractivity contribution in [2.75, 3.05) is 26.2 Å². The second kappa shape index (κ2) is 8.49. The molecule has 1 aromatic carbocycles. The third-order valence-electron chi connectivity index (χ3n) is 4.80. The maximum atomic E-state index is 12.7. The second-order valence-electron chi connectivity index (χ2n) is 7.04. The minimum Gasteiger partial charge on any atom is -0.493 e. The molecule has 1 aromatic rings. The molecule has 128 valence electrons. The van der Waals surface area contributed by atoms with Crippen LogP contribution in [0.2, 0.25) is 0 Å². The van der Waals surface area contributed by atoms with Gasteiger partial charge in [0.05, 0.1) is 12.2 Å². The maximum absolute atomic E-state index is 12.7. The summed E-state index contributed by atoms with van der Waals surface area (Å²) in [4.78, 5) is 15.1. The Bertz CT molecular complexity index is 516. The fourth-order valence-electron chi connectivity index (χ4n) is 3.09. The van der Waals surface area contributed by atoms with Crippen LogP contribution in [0.25, 0.3) is 0 Å². The highest BCUT2D eigenvalue weighted by Gasteiger charge is 2.19. The predicted octanol–water partition coefficient (Wildman–Crippen LogP) is 4.51. The fourth-order valence-corrected chi connectivity index (χ4v) is 3.09. The molecule has 23 heavy (non-hydrogen) atoms. The Morgan fingerprint density at radius 1 is 1.30 bits per heavy atom. The van der Waals surface area contributed by atoms with Gasteiger partial charge in [-0.3, -0.25) is 4.79 Å². The highest BCUT2D eigenvalue weighted by molar-refractivity contribution is 5.99. The van der Waals surface area contributed by atoms with Crippen molar-refractivity contribution in [1.29, 1.82) is 0 Å². The van der Waals surface area contributed by atoms with Gasteiger partial charge in [0.1, 0.15) is 5.75 Å². The van der Waals surface area contributed by atoms with Crippen molar-refractivity contribution in [3.8, 4) is 5.75 Å². The van der Waals surface area contributed by atoms with Gasteiger partial charge in [-0.05, 0) is 62.4 Å². The molecule has 2 rings (SSSR count). The zero-order valence-corrected chi connectivity index (χ0v) is 15.1. The van der Waals surface area contributed by atoms with Gasteiger partial charge >= 0.3 is 0 Å². The molecule has 0 aromatic heterocycles. The first kappa shape index (κ1) is 18.0. The molecular formula is C20H31NO2. The third-order valence-corrected chi connectivity index (χ3v) is 4.80. The van der Waals surface area contributed by atoms with Crippen LogP contribution < -0.4 is 4.74 Å². The summed E-state index contributed by atoms with van der Waals surface area (Å²) in [6, 6.07) is 6.05. The number of rotatable bonds is 7. The minimum absolute atomic E-state index is 0.203. The molecular weight excluding hydrogens is 286 g/mol. The minimum atomic E-state index is 0.203. The first-order chi connectivity index (χ1) is 11.0. The fraction of sp³-hybridized carbons (Fsp3) is 0.650. The lowest BCUT2D eigenvalue weighted by atomic mass is 9.96. The largest absolute Gasteiger partial charge is 0.493 e. The van der Waals surface area contributed by atoms with E-state index in [-0.39, 0.29) is 5.78 Å². The molecule has 3 nitrogen and oxygen atoms in total. The molecule has 0 saturated carbocycles. The first-order valence-corrected chi connectivity index (χ1v) is 9.03. The highest BCUT2D eigenvalue weighted by Crippen LogP contribution is 2.26. The Labute approximate surface area is 141 Å². The van der Waals surface area contributed by atoms with Crippen LogP contribution in [0.5, 0.6) is 5.75 Å². The van der Waals surface area contributed by atoms with Crippen molar-refractivity contribution in [2.45, 2.75) is 52.9 Å². The number of nitrogens with zero attached hydrogens (tertiary/aromatic N) is 1. The van der Waals surface area contributed by atoms with Crippen LogP contribution in [0.4, 0.5) is 0 Å². The van der Waals surface area contributed by atoms with Crippen LogP contribution in [0.3, 0.4) is 0 Å². The molecule has 3 heteroatoms. The Morgan fingerprint density at radius 2 is 2.00 bits per heavy atom. The number of hydrogen-bond acceptors (Lipinski definition) is 3. The Kier molecular flexibility index (Phi) is 6.64. The summed E-state index contributed by atoms with van der Waals surface area (Å²) in [5, 5.41) is 0. The Hall–Kier alpha value is -1.35. The number of ketones is 1. The summed E-state index contributed by atoms with van der Waals surface area (Å²) in [5.41, 5.74) is 1.95. The number of ether oxygens (including phenoxy) is 1. The van der Waals surface area contributed by atoms with E-state index in [9.17, 15) is 4.79 Å². The van der Waals surface area contributed by atoms with Crippen molar-refractivity contribution in [1.82, 2.24) is 4.90 Å². The van der Waals surface area contributed by atoms with Gasteiger partial charge in [-0.15, -0.1) is 0 Å². The van der Waals surface area contributed by atoms with Gasteiger partial charge in [-0.1, -0.05) is 26.8 Å². The van der Waals surface area contributed by atoms with Crippen molar-refractivity contribution in [3.63, 3.8) is 0 Å². The van der Waals surface area contributed by atoms with Crippen molar-refractivity contribution < 1.29 is 9.53 Å². The topological polar surface area (TPSA) is 29.5 Å². The normalized spacial score (nSPS) is 16.7. The lowest BCUT2D eigenvalue weighted by molar-refractivity contribution is 0.0949. The number of Topliss-reactive ketones (excluding diaryl/α,β-unsaturated/α-hetero) is 1. The zero-order chi connectivity index (χ0) is 16.8. The SMILES string of the molecule is CCOc1ccc(C(C)C)cc1C(=O)CCN1CCC(C)CC1. The molecule has 0 aliphatic carbocycles. The number of benzene rings is 1. The van der Waals surface area contributed by atoms with Crippen LogP contribution in [-0.4, -0.2) is 36.9 Å². The van der Waals surface area contributed by atoms with Gasteiger partial charge in [-0.25, -0.2) is 0 Å². The lowest BCUT2D eigenvalue weighted by Crippen LogP contribution is -2.34. The second-order valence-corrected chi connectivity index (χ2v) is 7.04. The zero-order valence-electron chi connectivity index (χ0n) is 15.1. The van der Waals surface area contributed by atoms with E-state index in [1.165, 1.54) is 18.4 Å². The average Bonchev–Trinajstić information content (AvgIpc) is 2.54. The molecule has 1 heterocycles. The summed E-state index contributed by atoms with van der Waals surface area (Å²) in [7, 11) is 0. The van der Waals surface area contributed by atoms with E-state index in [1.54, 1.807) is 0 Å². The van der Waals surface area contributed by atoms with Crippen LogP contribution in [0.15, 0.2) is 18.2 Å². The van der Waals surface area contributed by atoms with E-state index in [0.29, 0.717) is 18.9 Å². The molecule has 0 unspecified atom stereocenters. The monoisotopic (exact) mass is 317 g/mol. The molecule has 1 aliphatic heterocycles. The molecule has 1 fully saturated rings. The average molecular weight is 317 g/mol. The van der Waals surface area contributed by atoms with E-state index in [4.69, 9.17) is 4.74 Å². The molecule has 0 atom stereocenters. The molecule has 0 N–H and O–H groups in total. The quantitative estimate of drug-likeness (QED) is 0.693. The van der Waals surface area contributed by atoms with E-state index < -0.39 is 0 Å². The summed E-state index contributed by atoms with van der Waals surface area (Å²) in [5.74, 6) is 2.18. The highest BCUT2D eigenvalue weighted by atomic mass is 16.5. The van der Waals surface area contributed by atoms with Gasteiger partial charge in [0, 0.05) is 13.0 Å². The van der Waals surface area contributed by atoms with Gasteiger partial charge < -0.3 is 9.64 Å². The van der Waals surface area contributed by atoms with E-state index in [1.807, 2.05) is 19.1 Å². The molecule has 1 saturated heterocycles. The third kappa shape index (κ3) is 5.07. The van der Waals surface area contributed by atoms with E-state index in [2.05, 4.69) is 31.7 Å². The number of carbonyl (C=O) groups is 1. The number of piperidine rings is 1. The van der Waals surface area contributed by atoms with Gasteiger partial charge in [0.25, 0.3) is 0 Å². The summed E-state index contributed by atoms with van der Waals surface area (Å²) < 4.78 is 5.66. The van der Waals surface area contributed by atoms with Crippen LogP contribution in [-0.2, 0) is 0 Å². The summed E-state index contributed by atoms with van der Waals surface area (Å²) in [6.07, 6.45) is 3.08. The summed E-state index contributed by atoms with van der Waals surface area (Å²) >= 11 is 0. The van der Waals surface area contributed by atoms with E-state index >= 15 is 0 Å².